The fraction of sp³-hybridized carbons (Fsp3) is 0.500. The molecule has 1 aromatic rings. The Morgan fingerprint density at radius 1 is 1.55 bits per heavy atom. The third kappa shape index (κ3) is 1.28. The molecule has 0 aliphatic carbocycles. The first-order chi connectivity index (χ1) is 5.36. The zero-order chi connectivity index (χ0) is 7.68. The summed E-state index contributed by atoms with van der Waals surface area (Å²) in [6, 6.07) is 1.91. The fourth-order valence-electron chi connectivity index (χ4n) is 1.54. The van der Waals surface area contributed by atoms with E-state index < -0.39 is 0 Å². The molecule has 1 aliphatic heterocycles. The van der Waals surface area contributed by atoms with E-state index in [0.717, 1.165) is 18.7 Å². The smallest absolute Gasteiger partial charge is 0.140 e. The maximum atomic E-state index is 12.5. The van der Waals surface area contributed by atoms with Gasteiger partial charge in [-0.25, -0.2) is 4.39 Å². The normalized spacial score (nSPS) is 24.3. The summed E-state index contributed by atoms with van der Waals surface area (Å²) in [4.78, 5) is 2.91. The van der Waals surface area contributed by atoms with Crippen LogP contribution in [0.1, 0.15) is 24.6 Å². The van der Waals surface area contributed by atoms with Gasteiger partial charge in [-0.15, -0.1) is 0 Å². The molecule has 0 radical (unpaired) electrons. The van der Waals surface area contributed by atoms with Crippen LogP contribution < -0.4 is 5.32 Å². The highest BCUT2D eigenvalue weighted by Gasteiger charge is 2.17. The SMILES string of the molecule is Fc1c[nH]c(C2CCCN2)c1. The number of H-pyrrole nitrogens is 1. The lowest BCUT2D eigenvalue weighted by Crippen LogP contribution is -2.12. The summed E-state index contributed by atoms with van der Waals surface area (Å²) >= 11 is 0. The molecule has 1 aliphatic rings. The molecule has 2 heterocycles. The molecule has 1 atom stereocenters. The molecule has 2 rings (SSSR count). The van der Waals surface area contributed by atoms with Gasteiger partial charge in [0.15, 0.2) is 0 Å². The Balaban J connectivity index is 2.15. The molecule has 0 aromatic carbocycles. The van der Waals surface area contributed by atoms with E-state index >= 15 is 0 Å². The maximum Gasteiger partial charge on any atom is 0.140 e. The number of halogens is 1. The highest BCUT2D eigenvalue weighted by molar-refractivity contribution is 5.11. The van der Waals surface area contributed by atoms with Crippen LogP contribution in [0.25, 0.3) is 0 Å². The van der Waals surface area contributed by atoms with Gasteiger partial charge < -0.3 is 10.3 Å². The van der Waals surface area contributed by atoms with Crippen molar-refractivity contribution >= 4 is 0 Å². The number of aromatic amines is 1. The van der Waals surface area contributed by atoms with Crippen molar-refractivity contribution < 1.29 is 4.39 Å². The zero-order valence-corrected chi connectivity index (χ0v) is 6.23. The van der Waals surface area contributed by atoms with E-state index in [0.29, 0.717) is 6.04 Å². The van der Waals surface area contributed by atoms with Crippen molar-refractivity contribution in [2.75, 3.05) is 6.54 Å². The molecule has 1 unspecified atom stereocenters. The van der Waals surface area contributed by atoms with E-state index in [9.17, 15) is 4.39 Å². The van der Waals surface area contributed by atoms with Gasteiger partial charge in [0.05, 0.1) is 0 Å². The van der Waals surface area contributed by atoms with E-state index in [1.54, 1.807) is 6.07 Å². The fourth-order valence-corrected chi connectivity index (χ4v) is 1.54. The summed E-state index contributed by atoms with van der Waals surface area (Å²) in [6.07, 6.45) is 3.70. The standard InChI is InChI=1S/C8H11FN2/c9-6-4-8(11-5-6)7-2-1-3-10-7/h4-5,7,10-11H,1-3H2. The van der Waals surface area contributed by atoms with Crippen LogP contribution >= 0.6 is 0 Å². The van der Waals surface area contributed by atoms with Gasteiger partial charge in [-0.1, -0.05) is 0 Å². The predicted molar refractivity (Wildman–Crippen MR) is 40.7 cm³/mol. The van der Waals surface area contributed by atoms with E-state index in [1.807, 2.05) is 0 Å². The van der Waals surface area contributed by atoms with E-state index in [-0.39, 0.29) is 5.82 Å². The van der Waals surface area contributed by atoms with Crippen LogP contribution in [0, 0.1) is 5.82 Å². The molecule has 11 heavy (non-hydrogen) atoms. The topological polar surface area (TPSA) is 27.8 Å². The average Bonchev–Trinajstić information content (AvgIpc) is 2.55. The Hall–Kier alpha value is -0.830. The zero-order valence-electron chi connectivity index (χ0n) is 6.23. The Bertz CT molecular complexity index is 238. The van der Waals surface area contributed by atoms with Crippen LogP contribution in [0.2, 0.25) is 0 Å². The largest absolute Gasteiger partial charge is 0.361 e. The van der Waals surface area contributed by atoms with E-state index in [2.05, 4.69) is 10.3 Å². The minimum atomic E-state index is -0.173. The highest BCUT2D eigenvalue weighted by atomic mass is 19.1. The van der Waals surface area contributed by atoms with Crippen molar-refractivity contribution in [3.05, 3.63) is 23.8 Å². The summed E-state index contributed by atoms with van der Waals surface area (Å²) in [7, 11) is 0. The molecule has 60 valence electrons. The second-order valence-electron chi connectivity index (χ2n) is 2.92. The Morgan fingerprint density at radius 3 is 3.00 bits per heavy atom. The Labute approximate surface area is 64.8 Å². The van der Waals surface area contributed by atoms with Crippen LogP contribution in [0.15, 0.2) is 12.3 Å². The van der Waals surface area contributed by atoms with Crippen LogP contribution in [-0.4, -0.2) is 11.5 Å². The Kier molecular flexibility index (Phi) is 1.66. The molecule has 2 N–H and O–H groups in total. The number of nitrogens with one attached hydrogen (secondary N) is 2. The lowest BCUT2D eigenvalue weighted by molar-refractivity contribution is 0.619. The molecule has 2 nitrogen and oxygen atoms in total. The lowest BCUT2D eigenvalue weighted by Gasteiger charge is -2.05. The van der Waals surface area contributed by atoms with Gasteiger partial charge in [0, 0.05) is 17.9 Å². The van der Waals surface area contributed by atoms with Gasteiger partial charge in [0.25, 0.3) is 0 Å². The first-order valence-corrected chi connectivity index (χ1v) is 3.93. The van der Waals surface area contributed by atoms with Crippen molar-refractivity contribution in [1.82, 2.24) is 10.3 Å². The first-order valence-electron chi connectivity index (χ1n) is 3.93. The molecule has 3 heteroatoms. The predicted octanol–water partition coefficient (Wildman–Crippen LogP) is 1.58. The molecule has 1 fully saturated rings. The van der Waals surface area contributed by atoms with Crippen LogP contribution in [0.4, 0.5) is 4.39 Å². The number of rotatable bonds is 1. The summed E-state index contributed by atoms with van der Waals surface area (Å²) in [5.41, 5.74) is 0.972. The second kappa shape index (κ2) is 2.66. The van der Waals surface area contributed by atoms with Gasteiger partial charge in [-0.2, -0.15) is 0 Å². The van der Waals surface area contributed by atoms with Crippen molar-refractivity contribution in [3.63, 3.8) is 0 Å². The van der Waals surface area contributed by atoms with Crippen molar-refractivity contribution in [3.8, 4) is 0 Å². The summed E-state index contributed by atoms with van der Waals surface area (Å²) in [5, 5.41) is 3.29. The molecule has 0 saturated carbocycles. The van der Waals surface area contributed by atoms with Gasteiger partial charge >= 0.3 is 0 Å². The second-order valence-corrected chi connectivity index (χ2v) is 2.92. The van der Waals surface area contributed by atoms with Gasteiger partial charge in [-0.05, 0) is 25.5 Å². The average molecular weight is 154 g/mol. The number of aromatic nitrogens is 1. The van der Waals surface area contributed by atoms with Crippen LogP contribution in [-0.2, 0) is 0 Å². The molecule has 0 spiro atoms. The monoisotopic (exact) mass is 154 g/mol. The molecule has 1 aromatic heterocycles. The molecule has 0 amide bonds. The van der Waals surface area contributed by atoms with Gasteiger partial charge in [0.2, 0.25) is 0 Å². The van der Waals surface area contributed by atoms with Crippen LogP contribution in [0.5, 0.6) is 0 Å². The summed E-state index contributed by atoms with van der Waals surface area (Å²) in [6.45, 7) is 1.05. The van der Waals surface area contributed by atoms with Crippen molar-refractivity contribution in [2.24, 2.45) is 0 Å². The van der Waals surface area contributed by atoms with Crippen LogP contribution in [0.3, 0.4) is 0 Å². The Morgan fingerprint density at radius 2 is 2.45 bits per heavy atom. The third-order valence-corrected chi connectivity index (χ3v) is 2.11. The maximum absolute atomic E-state index is 12.5. The molecule has 1 saturated heterocycles. The van der Waals surface area contributed by atoms with Gasteiger partial charge in [0.1, 0.15) is 5.82 Å². The summed E-state index contributed by atoms with van der Waals surface area (Å²) in [5.74, 6) is -0.173. The van der Waals surface area contributed by atoms with Crippen molar-refractivity contribution in [2.45, 2.75) is 18.9 Å². The number of hydrogen-bond donors (Lipinski definition) is 2. The molecular formula is C8H11FN2. The van der Waals surface area contributed by atoms with Gasteiger partial charge in [-0.3, -0.25) is 0 Å². The first kappa shape index (κ1) is 6.85. The lowest BCUT2D eigenvalue weighted by atomic mass is 10.2. The summed E-state index contributed by atoms with van der Waals surface area (Å²) < 4.78 is 12.5. The van der Waals surface area contributed by atoms with E-state index in [4.69, 9.17) is 0 Å². The third-order valence-electron chi connectivity index (χ3n) is 2.11. The quantitative estimate of drug-likeness (QED) is 0.631. The molecule has 0 bridgehead atoms. The number of hydrogen-bond acceptors (Lipinski definition) is 1. The van der Waals surface area contributed by atoms with E-state index in [1.165, 1.54) is 12.6 Å². The minimum absolute atomic E-state index is 0.173. The molecular weight excluding hydrogens is 143 g/mol. The van der Waals surface area contributed by atoms with Crippen molar-refractivity contribution in [1.29, 1.82) is 0 Å². The minimum Gasteiger partial charge on any atom is -0.361 e. The highest BCUT2D eigenvalue weighted by Crippen LogP contribution is 2.21.